The summed E-state index contributed by atoms with van der Waals surface area (Å²) in [6, 6.07) is 6.29. The van der Waals surface area contributed by atoms with E-state index < -0.39 is 0 Å². The van der Waals surface area contributed by atoms with Crippen LogP contribution in [0, 0.1) is 0 Å². The van der Waals surface area contributed by atoms with Crippen LogP contribution < -0.4 is 9.47 Å². The molecule has 0 N–H and O–H groups in total. The first-order valence-corrected chi connectivity index (χ1v) is 7.78. The van der Waals surface area contributed by atoms with Crippen molar-refractivity contribution < 1.29 is 14.3 Å². The molecule has 0 saturated heterocycles. The number of carbonyl (C=O) groups is 1. The maximum atomic E-state index is 13.0. The molecule has 0 aromatic heterocycles. The van der Waals surface area contributed by atoms with Crippen LogP contribution in [-0.4, -0.2) is 37.1 Å². The molecule has 0 bridgehead atoms. The lowest BCUT2D eigenvalue weighted by atomic mass is 10.1. The minimum atomic E-state index is 0.126. The zero-order valence-electron chi connectivity index (χ0n) is 12.8. The molecule has 3 rings (SSSR count). The van der Waals surface area contributed by atoms with Crippen molar-refractivity contribution in [2.24, 2.45) is 0 Å². The van der Waals surface area contributed by atoms with Gasteiger partial charge in [0.25, 0.3) is 5.91 Å². The third-order valence-electron chi connectivity index (χ3n) is 4.49. The molecule has 114 valence electrons. The lowest BCUT2D eigenvalue weighted by Gasteiger charge is -2.29. The number of hydrogen-bond acceptors (Lipinski definition) is 3. The zero-order valence-corrected chi connectivity index (χ0v) is 12.8. The lowest BCUT2D eigenvalue weighted by molar-refractivity contribution is 0.0663. The van der Waals surface area contributed by atoms with E-state index in [0.29, 0.717) is 29.1 Å². The molecule has 2 aliphatic carbocycles. The van der Waals surface area contributed by atoms with Crippen molar-refractivity contribution in [3.05, 3.63) is 23.8 Å². The highest BCUT2D eigenvalue weighted by molar-refractivity contribution is 5.95. The van der Waals surface area contributed by atoms with Gasteiger partial charge in [-0.3, -0.25) is 4.79 Å². The van der Waals surface area contributed by atoms with Crippen LogP contribution in [0.2, 0.25) is 0 Å². The van der Waals surface area contributed by atoms with Gasteiger partial charge < -0.3 is 14.4 Å². The molecule has 0 heterocycles. The summed E-state index contributed by atoms with van der Waals surface area (Å²) in [6.45, 7) is 0. The van der Waals surface area contributed by atoms with Crippen molar-refractivity contribution in [3.8, 4) is 11.5 Å². The van der Waals surface area contributed by atoms with Gasteiger partial charge in [-0.2, -0.15) is 0 Å². The molecule has 0 radical (unpaired) electrons. The number of methoxy groups -OCH3 is 2. The Morgan fingerprint density at radius 1 is 0.952 bits per heavy atom. The summed E-state index contributed by atoms with van der Waals surface area (Å²) in [5, 5.41) is 0. The van der Waals surface area contributed by atoms with Gasteiger partial charge in [-0.25, -0.2) is 0 Å². The van der Waals surface area contributed by atoms with E-state index in [-0.39, 0.29) is 5.91 Å². The smallest absolute Gasteiger partial charge is 0.254 e. The van der Waals surface area contributed by atoms with Crippen molar-refractivity contribution >= 4 is 5.91 Å². The number of amides is 1. The lowest BCUT2D eigenvalue weighted by Crippen LogP contribution is -2.40. The van der Waals surface area contributed by atoms with Crippen molar-refractivity contribution in [2.75, 3.05) is 14.2 Å². The Kier molecular flexibility index (Phi) is 4.04. The van der Waals surface area contributed by atoms with Crippen LogP contribution in [0.15, 0.2) is 18.2 Å². The molecule has 0 aliphatic heterocycles. The van der Waals surface area contributed by atoms with E-state index in [1.807, 2.05) is 12.1 Å². The van der Waals surface area contributed by atoms with Crippen LogP contribution in [0.5, 0.6) is 11.5 Å². The van der Waals surface area contributed by atoms with Crippen LogP contribution in [0.4, 0.5) is 0 Å². The molecule has 2 aliphatic rings. The molecule has 0 unspecified atom stereocenters. The number of nitrogens with zero attached hydrogens (tertiary/aromatic N) is 1. The highest BCUT2D eigenvalue weighted by Crippen LogP contribution is 2.36. The summed E-state index contributed by atoms with van der Waals surface area (Å²) in [6.07, 6.45) is 7.05. The Hall–Kier alpha value is -1.71. The third kappa shape index (κ3) is 2.99. The van der Waals surface area contributed by atoms with E-state index in [4.69, 9.17) is 9.47 Å². The van der Waals surface area contributed by atoms with Crippen LogP contribution in [0.3, 0.4) is 0 Å². The summed E-state index contributed by atoms with van der Waals surface area (Å²) in [4.78, 5) is 15.1. The highest BCUT2D eigenvalue weighted by atomic mass is 16.5. The van der Waals surface area contributed by atoms with E-state index in [9.17, 15) is 4.79 Å². The minimum absolute atomic E-state index is 0.126. The van der Waals surface area contributed by atoms with E-state index in [1.54, 1.807) is 20.3 Å². The molecule has 2 saturated carbocycles. The summed E-state index contributed by atoms with van der Waals surface area (Å²) in [7, 11) is 3.22. The summed E-state index contributed by atoms with van der Waals surface area (Å²) >= 11 is 0. The molecule has 1 aromatic carbocycles. The van der Waals surface area contributed by atoms with Crippen molar-refractivity contribution in [2.45, 2.75) is 50.6 Å². The largest absolute Gasteiger partial charge is 0.497 e. The fourth-order valence-electron chi connectivity index (χ4n) is 3.24. The standard InChI is InChI=1S/C17H23NO3/c1-20-15-9-12(10-16(11-15)21-2)17(19)18(14-7-8-14)13-5-3-4-6-13/h9-11,13-14H,3-8H2,1-2H3. The first kappa shape index (κ1) is 14.2. The van der Waals surface area contributed by atoms with Gasteiger partial charge >= 0.3 is 0 Å². The first-order valence-electron chi connectivity index (χ1n) is 7.78. The van der Waals surface area contributed by atoms with E-state index >= 15 is 0 Å². The second-order valence-corrected chi connectivity index (χ2v) is 5.98. The van der Waals surface area contributed by atoms with Gasteiger partial charge in [0.1, 0.15) is 11.5 Å². The van der Waals surface area contributed by atoms with Gasteiger partial charge in [0, 0.05) is 23.7 Å². The number of hydrogen-bond donors (Lipinski definition) is 0. The minimum Gasteiger partial charge on any atom is -0.497 e. The second kappa shape index (κ2) is 5.96. The zero-order chi connectivity index (χ0) is 14.8. The molecule has 1 amide bonds. The first-order chi connectivity index (χ1) is 10.2. The van der Waals surface area contributed by atoms with E-state index in [2.05, 4.69) is 4.90 Å². The van der Waals surface area contributed by atoms with Crippen LogP contribution in [0.25, 0.3) is 0 Å². The summed E-state index contributed by atoms with van der Waals surface area (Å²) in [5.41, 5.74) is 0.671. The highest BCUT2D eigenvalue weighted by Gasteiger charge is 2.38. The summed E-state index contributed by atoms with van der Waals surface area (Å²) in [5.74, 6) is 1.46. The molecule has 0 atom stereocenters. The molecular weight excluding hydrogens is 266 g/mol. The van der Waals surface area contributed by atoms with Crippen molar-refractivity contribution in [1.82, 2.24) is 4.90 Å². The van der Waals surface area contributed by atoms with Crippen LogP contribution >= 0.6 is 0 Å². The predicted molar refractivity (Wildman–Crippen MR) is 81.0 cm³/mol. The monoisotopic (exact) mass is 289 g/mol. The Labute approximate surface area is 126 Å². The van der Waals surface area contributed by atoms with Gasteiger partial charge in [0.15, 0.2) is 0 Å². The average molecular weight is 289 g/mol. The maximum absolute atomic E-state index is 13.0. The molecule has 4 nitrogen and oxygen atoms in total. The SMILES string of the molecule is COc1cc(OC)cc(C(=O)N(C2CCCC2)C2CC2)c1. The Bertz CT molecular complexity index is 497. The molecule has 0 spiro atoms. The van der Waals surface area contributed by atoms with Crippen molar-refractivity contribution in [1.29, 1.82) is 0 Å². The maximum Gasteiger partial charge on any atom is 0.254 e. The van der Waals surface area contributed by atoms with Gasteiger partial charge in [0.05, 0.1) is 14.2 Å². The second-order valence-electron chi connectivity index (χ2n) is 5.98. The van der Waals surface area contributed by atoms with Crippen molar-refractivity contribution in [3.63, 3.8) is 0 Å². The predicted octanol–water partition coefficient (Wildman–Crippen LogP) is 3.25. The molecule has 21 heavy (non-hydrogen) atoms. The van der Waals surface area contributed by atoms with Gasteiger partial charge in [0.2, 0.25) is 0 Å². The molecule has 4 heteroatoms. The number of carbonyl (C=O) groups excluding carboxylic acids is 1. The number of rotatable bonds is 5. The van der Waals surface area contributed by atoms with E-state index in [0.717, 1.165) is 25.7 Å². The Morgan fingerprint density at radius 3 is 1.95 bits per heavy atom. The number of benzene rings is 1. The van der Waals surface area contributed by atoms with Gasteiger partial charge in [-0.15, -0.1) is 0 Å². The molecular formula is C17H23NO3. The fourth-order valence-corrected chi connectivity index (χ4v) is 3.24. The van der Waals surface area contributed by atoms with Gasteiger partial charge in [-0.1, -0.05) is 12.8 Å². The van der Waals surface area contributed by atoms with E-state index in [1.165, 1.54) is 12.8 Å². The average Bonchev–Trinajstić information content (AvgIpc) is 3.20. The quantitative estimate of drug-likeness (QED) is 0.835. The molecule has 2 fully saturated rings. The van der Waals surface area contributed by atoms with Crippen LogP contribution in [-0.2, 0) is 0 Å². The number of ether oxygens (including phenoxy) is 2. The summed E-state index contributed by atoms with van der Waals surface area (Å²) < 4.78 is 10.6. The normalized spacial score (nSPS) is 18.6. The third-order valence-corrected chi connectivity index (χ3v) is 4.49. The topological polar surface area (TPSA) is 38.8 Å². The Balaban J connectivity index is 1.88. The fraction of sp³-hybridized carbons (Fsp3) is 0.588. The van der Waals surface area contributed by atoms with Crippen LogP contribution in [0.1, 0.15) is 48.9 Å². The van der Waals surface area contributed by atoms with Gasteiger partial charge in [-0.05, 0) is 37.8 Å². The Morgan fingerprint density at radius 2 is 1.48 bits per heavy atom. The molecule has 1 aromatic rings.